The van der Waals surface area contributed by atoms with Crippen molar-refractivity contribution in [2.45, 2.75) is 26.2 Å². The first kappa shape index (κ1) is 15.9. The summed E-state index contributed by atoms with van der Waals surface area (Å²) in [6.45, 7) is 3.65. The number of nitrogens with zero attached hydrogens (tertiary/aromatic N) is 1. The molecule has 128 valence electrons. The summed E-state index contributed by atoms with van der Waals surface area (Å²) in [5, 5.41) is 0.993. The molecule has 3 heteroatoms. The molecule has 0 spiro atoms. The number of furan rings is 1. The maximum absolute atomic E-state index is 12.8. The number of hydrogen-bond acceptors (Lipinski definition) is 2. The first-order valence-corrected chi connectivity index (χ1v) is 9.02. The minimum absolute atomic E-state index is 0.0204. The first-order valence-electron chi connectivity index (χ1n) is 9.02. The van der Waals surface area contributed by atoms with Crippen molar-refractivity contribution in [3.63, 3.8) is 0 Å². The van der Waals surface area contributed by atoms with Crippen LogP contribution in [0.5, 0.6) is 0 Å². The van der Waals surface area contributed by atoms with E-state index in [0.717, 1.165) is 48.9 Å². The highest BCUT2D eigenvalue weighted by molar-refractivity contribution is 5.96. The highest BCUT2D eigenvalue weighted by Gasteiger charge is 2.25. The van der Waals surface area contributed by atoms with Crippen molar-refractivity contribution >= 4 is 16.9 Å². The molecule has 0 aliphatic carbocycles. The van der Waals surface area contributed by atoms with Gasteiger partial charge in [0.15, 0.2) is 5.76 Å². The van der Waals surface area contributed by atoms with Crippen LogP contribution in [0.4, 0.5) is 0 Å². The normalized spacial score (nSPS) is 15.6. The van der Waals surface area contributed by atoms with Crippen LogP contribution in [0.15, 0.2) is 59.0 Å². The van der Waals surface area contributed by atoms with Gasteiger partial charge in [0.1, 0.15) is 5.58 Å². The Morgan fingerprint density at radius 1 is 1.08 bits per heavy atom. The average molecular weight is 333 g/mol. The Labute approximate surface area is 148 Å². The molecule has 0 bridgehead atoms. The van der Waals surface area contributed by atoms with E-state index in [1.807, 2.05) is 36.1 Å². The van der Waals surface area contributed by atoms with Crippen LogP contribution in [-0.2, 0) is 6.42 Å². The lowest BCUT2D eigenvalue weighted by molar-refractivity contribution is 0.0661. The lowest BCUT2D eigenvalue weighted by atomic mass is 9.90. The number of rotatable bonds is 3. The van der Waals surface area contributed by atoms with Crippen LogP contribution in [-0.4, -0.2) is 23.9 Å². The van der Waals surface area contributed by atoms with E-state index in [9.17, 15) is 4.79 Å². The summed E-state index contributed by atoms with van der Waals surface area (Å²) >= 11 is 0. The zero-order chi connectivity index (χ0) is 17.2. The van der Waals surface area contributed by atoms with E-state index in [2.05, 4.69) is 30.3 Å². The van der Waals surface area contributed by atoms with Crippen LogP contribution in [0.3, 0.4) is 0 Å². The fraction of sp³-hybridized carbons (Fsp3) is 0.318. The number of piperidine rings is 1. The number of carbonyl (C=O) groups is 1. The lowest BCUT2D eigenvalue weighted by Gasteiger charge is -2.31. The van der Waals surface area contributed by atoms with Crippen molar-refractivity contribution in [2.24, 2.45) is 5.92 Å². The van der Waals surface area contributed by atoms with Crippen LogP contribution in [0, 0.1) is 12.8 Å². The van der Waals surface area contributed by atoms with Crippen molar-refractivity contribution in [1.82, 2.24) is 4.90 Å². The maximum Gasteiger partial charge on any atom is 0.289 e. The Hall–Kier alpha value is -2.55. The highest BCUT2D eigenvalue weighted by Crippen LogP contribution is 2.25. The van der Waals surface area contributed by atoms with Crippen LogP contribution in [0.25, 0.3) is 11.0 Å². The monoisotopic (exact) mass is 333 g/mol. The lowest BCUT2D eigenvalue weighted by Crippen LogP contribution is -2.38. The first-order chi connectivity index (χ1) is 12.2. The number of carbonyl (C=O) groups excluding carboxylic acids is 1. The Balaban J connectivity index is 1.40. The Morgan fingerprint density at radius 3 is 2.60 bits per heavy atom. The Kier molecular flexibility index (Phi) is 4.31. The smallest absolute Gasteiger partial charge is 0.289 e. The fourth-order valence-corrected chi connectivity index (χ4v) is 3.69. The topological polar surface area (TPSA) is 33.5 Å². The molecule has 2 heterocycles. The Bertz CT molecular complexity index is 873. The van der Waals surface area contributed by atoms with Gasteiger partial charge in [-0.3, -0.25) is 4.79 Å². The molecule has 3 nitrogen and oxygen atoms in total. The number of benzene rings is 2. The molecule has 0 saturated carbocycles. The van der Waals surface area contributed by atoms with E-state index in [-0.39, 0.29) is 5.91 Å². The quantitative estimate of drug-likeness (QED) is 0.687. The fourth-order valence-electron chi connectivity index (χ4n) is 3.69. The zero-order valence-corrected chi connectivity index (χ0v) is 14.6. The van der Waals surface area contributed by atoms with Crippen LogP contribution >= 0.6 is 0 Å². The summed E-state index contributed by atoms with van der Waals surface area (Å²) < 4.78 is 5.80. The molecule has 25 heavy (non-hydrogen) atoms. The van der Waals surface area contributed by atoms with Crippen molar-refractivity contribution in [3.05, 3.63) is 71.5 Å². The molecule has 1 amide bonds. The second-order valence-electron chi connectivity index (χ2n) is 7.08. The molecule has 0 radical (unpaired) electrons. The summed E-state index contributed by atoms with van der Waals surface area (Å²) in [5.74, 6) is 1.14. The minimum atomic E-state index is 0.0204. The van der Waals surface area contributed by atoms with Crippen LogP contribution in [0.1, 0.15) is 34.5 Å². The third-order valence-corrected chi connectivity index (χ3v) is 5.16. The third kappa shape index (κ3) is 3.46. The van der Waals surface area contributed by atoms with Gasteiger partial charge in [0.2, 0.25) is 0 Å². The number of fused-ring (bicyclic) bond motifs is 1. The Morgan fingerprint density at radius 2 is 1.84 bits per heavy atom. The van der Waals surface area contributed by atoms with Crippen molar-refractivity contribution in [2.75, 3.05) is 13.1 Å². The van der Waals surface area contributed by atoms with Crippen LogP contribution < -0.4 is 0 Å². The van der Waals surface area contributed by atoms with Gasteiger partial charge in [0.25, 0.3) is 5.91 Å². The molecule has 1 aromatic heterocycles. The van der Waals surface area contributed by atoms with E-state index in [4.69, 9.17) is 4.42 Å². The SMILES string of the molecule is Cc1ccc2cc(C(=O)N3CCC(Cc4ccccc4)CC3)oc2c1. The molecule has 0 N–H and O–H groups in total. The largest absolute Gasteiger partial charge is 0.451 e. The molecule has 1 fully saturated rings. The number of likely N-dealkylation sites (tertiary alicyclic amines) is 1. The van der Waals surface area contributed by atoms with E-state index >= 15 is 0 Å². The summed E-state index contributed by atoms with van der Waals surface area (Å²) in [7, 11) is 0. The standard InChI is InChI=1S/C22H23NO2/c1-16-7-8-19-15-21(25-20(19)13-16)22(24)23-11-9-18(10-12-23)14-17-5-3-2-4-6-17/h2-8,13,15,18H,9-12,14H2,1H3. The molecular formula is C22H23NO2. The van der Waals surface area contributed by atoms with Gasteiger partial charge < -0.3 is 9.32 Å². The number of aryl methyl sites for hydroxylation is 1. The zero-order valence-electron chi connectivity index (χ0n) is 14.6. The summed E-state index contributed by atoms with van der Waals surface area (Å²) in [5.41, 5.74) is 3.32. The van der Waals surface area contributed by atoms with Gasteiger partial charge in [-0.2, -0.15) is 0 Å². The van der Waals surface area contributed by atoms with Gasteiger partial charge in [-0.05, 0) is 55.4 Å². The molecule has 1 aliphatic heterocycles. The van der Waals surface area contributed by atoms with Crippen molar-refractivity contribution in [1.29, 1.82) is 0 Å². The summed E-state index contributed by atoms with van der Waals surface area (Å²) in [4.78, 5) is 14.7. The van der Waals surface area contributed by atoms with Crippen molar-refractivity contribution in [3.8, 4) is 0 Å². The van der Waals surface area contributed by atoms with Gasteiger partial charge in [0.05, 0.1) is 0 Å². The van der Waals surface area contributed by atoms with Gasteiger partial charge in [0, 0.05) is 18.5 Å². The predicted molar refractivity (Wildman–Crippen MR) is 99.7 cm³/mol. The molecule has 4 rings (SSSR count). The van der Waals surface area contributed by atoms with Gasteiger partial charge in [-0.15, -0.1) is 0 Å². The second kappa shape index (κ2) is 6.75. The van der Waals surface area contributed by atoms with Crippen molar-refractivity contribution < 1.29 is 9.21 Å². The molecule has 0 atom stereocenters. The van der Waals surface area contributed by atoms with Crippen LogP contribution in [0.2, 0.25) is 0 Å². The molecular weight excluding hydrogens is 310 g/mol. The summed E-state index contributed by atoms with van der Waals surface area (Å²) in [6.07, 6.45) is 3.22. The minimum Gasteiger partial charge on any atom is -0.451 e. The van der Waals surface area contributed by atoms with Gasteiger partial charge >= 0.3 is 0 Å². The maximum atomic E-state index is 12.8. The van der Waals surface area contributed by atoms with E-state index < -0.39 is 0 Å². The van der Waals surface area contributed by atoms with Gasteiger partial charge in [-0.1, -0.05) is 42.5 Å². The molecule has 0 unspecified atom stereocenters. The predicted octanol–water partition coefficient (Wildman–Crippen LogP) is 4.84. The number of amides is 1. The number of hydrogen-bond donors (Lipinski definition) is 0. The molecule has 3 aromatic rings. The molecule has 1 aliphatic rings. The highest BCUT2D eigenvalue weighted by atomic mass is 16.3. The average Bonchev–Trinajstić information content (AvgIpc) is 3.06. The summed E-state index contributed by atoms with van der Waals surface area (Å²) in [6, 6.07) is 18.5. The van der Waals surface area contributed by atoms with E-state index in [1.165, 1.54) is 5.56 Å². The van der Waals surface area contributed by atoms with E-state index in [0.29, 0.717) is 11.7 Å². The molecule has 2 aromatic carbocycles. The van der Waals surface area contributed by atoms with E-state index in [1.54, 1.807) is 0 Å². The second-order valence-corrected chi connectivity index (χ2v) is 7.08. The third-order valence-electron chi connectivity index (χ3n) is 5.16. The van der Waals surface area contributed by atoms with Gasteiger partial charge in [-0.25, -0.2) is 0 Å². The molecule has 1 saturated heterocycles.